The van der Waals surface area contributed by atoms with Crippen LogP contribution in [0.3, 0.4) is 0 Å². The Balaban J connectivity index is 1.56. The standard InChI is InChI=1S/C22H25ClN4O3/c1-22(2,3)19-12-18(25-26-19)20(28)27-24-13-14-7-6-8-15(11-14)30-21(29)16-9-4-5-10-17(16)23/h4-11,13,18-19,25-26H,12H2,1-3H3,(H,27,28)/b24-13+. The van der Waals surface area contributed by atoms with Crippen molar-refractivity contribution in [2.24, 2.45) is 10.5 Å². The van der Waals surface area contributed by atoms with Crippen molar-refractivity contribution in [3.05, 3.63) is 64.7 Å². The smallest absolute Gasteiger partial charge is 0.345 e. The number of amides is 1. The van der Waals surface area contributed by atoms with Gasteiger partial charge in [0.1, 0.15) is 11.8 Å². The molecule has 8 heteroatoms. The summed E-state index contributed by atoms with van der Waals surface area (Å²) < 4.78 is 5.38. The molecule has 0 spiro atoms. The molecule has 1 saturated heterocycles. The molecule has 1 amide bonds. The van der Waals surface area contributed by atoms with Gasteiger partial charge in [0.25, 0.3) is 5.91 Å². The molecule has 2 atom stereocenters. The van der Waals surface area contributed by atoms with Crippen molar-refractivity contribution < 1.29 is 14.3 Å². The highest BCUT2D eigenvalue weighted by Gasteiger charge is 2.35. The summed E-state index contributed by atoms with van der Waals surface area (Å²) in [5.41, 5.74) is 9.72. The van der Waals surface area contributed by atoms with Crippen LogP contribution in [-0.4, -0.2) is 30.2 Å². The fourth-order valence-corrected chi connectivity index (χ4v) is 3.21. The average Bonchev–Trinajstić information content (AvgIpc) is 3.19. The molecule has 0 aliphatic carbocycles. The zero-order valence-corrected chi connectivity index (χ0v) is 17.9. The average molecular weight is 429 g/mol. The maximum atomic E-state index is 12.3. The number of nitrogens with zero attached hydrogens (tertiary/aromatic N) is 1. The Morgan fingerprint density at radius 1 is 1.17 bits per heavy atom. The van der Waals surface area contributed by atoms with E-state index in [1.807, 2.05) is 0 Å². The van der Waals surface area contributed by atoms with Crippen molar-refractivity contribution in [3.63, 3.8) is 0 Å². The molecule has 30 heavy (non-hydrogen) atoms. The van der Waals surface area contributed by atoms with Crippen molar-refractivity contribution in [2.45, 2.75) is 39.3 Å². The van der Waals surface area contributed by atoms with E-state index in [4.69, 9.17) is 16.3 Å². The number of rotatable bonds is 5. The molecule has 3 rings (SSSR count). The predicted octanol–water partition coefficient (Wildman–Crippen LogP) is 3.29. The van der Waals surface area contributed by atoms with Crippen LogP contribution in [0.1, 0.15) is 43.1 Å². The summed E-state index contributed by atoms with van der Waals surface area (Å²) in [5.74, 6) is -0.409. The van der Waals surface area contributed by atoms with Gasteiger partial charge >= 0.3 is 5.97 Å². The Hall–Kier alpha value is -2.74. The largest absolute Gasteiger partial charge is 0.423 e. The van der Waals surface area contributed by atoms with Crippen LogP contribution in [0.5, 0.6) is 5.75 Å². The van der Waals surface area contributed by atoms with E-state index in [2.05, 4.69) is 42.1 Å². The lowest BCUT2D eigenvalue weighted by Crippen LogP contribution is -2.43. The first-order valence-corrected chi connectivity index (χ1v) is 10.0. The Morgan fingerprint density at radius 2 is 1.93 bits per heavy atom. The molecule has 2 aromatic carbocycles. The number of ether oxygens (including phenoxy) is 1. The van der Waals surface area contributed by atoms with Crippen LogP contribution in [0.4, 0.5) is 0 Å². The van der Waals surface area contributed by atoms with Gasteiger partial charge in [-0.05, 0) is 41.7 Å². The molecule has 0 radical (unpaired) electrons. The fraction of sp³-hybridized carbons (Fsp3) is 0.318. The van der Waals surface area contributed by atoms with Crippen molar-refractivity contribution in [1.29, 1.82) is 0 Å². The van der Waals surface area contributed by atoms with E-state index in [1.54, 1.807) is 48.5 Å². The van der Waals surface area contributed by atoms with E-state index in [-0.39, 0.29) is 29.0 Å². The molecule has 1 aliphatic heterocycles. The maximum absolute atomic E-state index is 12.3. The van der Waals surface area contributed by atoms with Crippen molar-refractivity contribution in [1.82, 2.24) is 16.3 Å². The minimum atomic E-state index is -0.545. The van der Waals surface area contributed by atoms with Crippen LogP contribution in [0.15, 0.2) is 53.6 Å². The molecule has 7 nitrogen and oxygen atoms in total. The molecule has 2 aromatic rings. The minimum absolute atomic E-state index is 0.0488. The molecule has 3 N–H and O–H groups in total. The van der Waals surface area contributed by atoms with Gasteiger partial charge in [0.2, 0.25) is 0 Å². The Labute approximate surface area is 180 Å². The molecular formula is C22H25ClN4O3. The van der Waals surface area contributed by atoms with Gasteiger partial charge in [-0.2, -0.15) is 5.10 Å². The summed E-state index contributed by atoms with van der Waals surface area (Å²) in [5, 5.41) is 4.34. The summed E-state index contributed by atoms with van der Waals surface area (Å²) in [4.78, 5) is 24.6. The van der Waals surface area contributed by atoms with Gasteiger partial charge in [0, 0.05) is 6.04 Å². The SMILES string of the molecule is CC(C)(C)C1CC(C(=O)N/N=C/c2cccc(OC(=O)c3ccccc3Cl)c2)NN1. The lowest BCUT2D eigenvalue weighted by atomic mass is 9.84. The van der Waals surface area contributed by atoms with Crippen molar-refractivity contribution in [2.75, 3.05) is 0 Å². The molecule has 0 saturated carbocycles. The molecule has 2 unspecified atom stereocenters. The second kappa shape index (κ2) is 9.38. The van der Waals surface area contributed by atoms with E-state index in [0.717, 1.165) is 0 Å². The first-order valence-electron chi connectivity index (χ1n) is 9.65. The molecule has 1 heterocycles. The number of hydrazone groups is 1. The number of esters is 1. The van der Waals surface area contributed by atoms with Gasteiger partial charge in [0.15, 0.2) is 0 Å². The number of halogens is 1. The quantitative estimate of drug-likeness (QED) is 0.294. The second-order valence-corrected chi connectivity index (χ2v) is 8.58. The first-order chi connectivity index (χ1) is 14.2. The lowest BCUT2D eigenvalue weighted by molar-refractivity contribution is -0.122. The number of nitrogens with one attached hydrogen (secondary N) is 3. The highest BCUT2D eigenvalue weighted by Crippen LogP contribution is 2.25. The zero-order valence-electron chi connectivity index (χ0n) is 17.1. The third-order valence-corrected chi connectivity index (χ3v) is 5.15. The topological polar surface area (TPSA) is 91.8 Å². The van der Waals surface area contributed by atoms with Crippen LogP contribution in [0.25, 0.3) is 0 Å². The van der Waals surface area contributed by atoms with Gasteiger partial charge in [-0.15, -0.1) is 0 Å². The fourth-order valence-electron chi connectivity index (χ4n) is 2.99. The lowest BCUT2D eigenvalue weighted by Gasteiger charge is -2.25. The maximum Gasteiger partial charge on any atom is 0.345 e. The van der Waals surface area contributed by atoms with Gasteiger partial charge < -0.3 is 4.74 Å². The Kier molecular flexibility index (Phi) is 6.87. The van der Waals surface area contributed by atoms with Crippen molar-refractivity contribution >= 4 is 29.7 Å². The van der Waals surface area contributed by atoms with Gasteiger partial charge in [-0.3, -0.25) is 10.2 Å². The first kappa shape index (κ1) is 22.0. The van der Waals surface area contributed by atoms with E-state index >= 15 is 0 Å². The molecular weight excluding hydrogens is 404 g/mol. The summed E-state index contributed by atoms with van der Waals surface area (Å²) in [6, 6.07) is 13.3. The Morgan fingerprint density at radius 3 is 2.63 bits per heavy atom. The third kappa shape index (κ3) is 5.66. The van der Waals surface area contributed by atoms with E-state index in [0.29, 0.717) is 22.8 Å². The number of benzene rings is 2. The summed E-state index contributed by atoms with van der Waals surface area (Å²) in [6.45, 7) is 6.36. The number of hydrogen-bond acceptors (Lipinski definition) is 6. The van der Waals surface area contributed by atoms with Crippen LogP contribution < -0.4 is 21.0 Å². The molecule has 0 bridgehead atoms. The zero-order chi connectivity index (χ0) is 21.7. The minimum Gasteiger partial charge on any atom is -0.423 e. The Bertz CT molecular complexity index is 955. The third-order valence-electron chi connectivity index (χ3n) is 4.82. The number of hydrogen-bond donors (Lipinski definition) is 3. The van der Waals surface area contributed by atoms with Crippen LogP contribution >= 0.6 is 11.6 Å². The van der Waals surface area contributed by atoms with E-state index < -0.39 is 5.97 Å². The summed E-state index contributed by atoms with van der Waals surface area (Å²) in [7, 11) is 0. The van der Waals surface area contributed by atoms with Gasteiger partial charge in [-0.1, -0.05) is 56.6 Å². The van der Waals surface area contributed by atoms with Gasteiger partial charge in [-0.25, -0.2) is 15.6 Å². The van der Waals surface area contributed by atoms with Gasteiger partial charge in [0.05, 0.1) is 16.8 Å². The molecule has 0 aromatic heterocycles. The monoisotopic (exact) mass is 428 g/mol. The van der Waals surface area contributed by atoms with E-state index in [9.17, 15) is 9.59 Å². The number of hydrazine groups is 1. The predicted molar refractivity (Wildman–Crippen MR) is 117 cm³/mol. The summed E-state index contributed by atoms with van der Waals surface area (Å²) in [6.07, 6.45) is 2.17. The van der Waals surface area contributed by atoms with E-state index in [1.165, 1.54) is 6.21 Å². The molecule has 1 aliphatic rings. The molecule has 1 fully saturated rings. The highest BCUT2D eigenvalue weighted by atomic mass is 35.5. The number of carbonyl (C=O) groups excluding carboxylic acids is 2. The summed E-state index contributed by atoms with van der Waals surface area (Å²) >= 11 is 6.03. The van der Waals surface area contributed by atoms with Crippen molar-refractivity contribution in [3.8, 4) is 5.75 Å². The second-order valence-electron chi connectivity index (χ2n) is 8.17. The van der Waals surface area contributed by atoms with Crippen LogP contribution in [0, 0.1) is 5.41 Å². The number of carbonyl (C=O) groups is 2. The normalized spacial score (nSPS) is 19.1. The van der Waals surface area contributed by atoms with Crippen LogP contribution in [-0.2, 0) is 4.79 Å². The highest BCUT2D eigenvalue weighted by molar-refractivity contribution is 6.33. The molecule has 158 valence electrons. The van der Waals surface area contributed by atoms with Crippen LogP contribution in [0.2, 0.25) is 5.02 Å².